The molecular weight excluding hydrogens is 510 g/mol. The lowest BCUT2D eigenvalue weighted by Gasteiger charge is -2.21. The number of fused-ring (bicyclic) bond motifs is 3. The topological polar surface area (TPSA) is 111 Å². The number of nitrogens with two attached hydrogens (primary N) is 1. The van der Waals surface area contributed by atoms with Crippen LogP contribution in [-0.2, 0) is 0 Å². The van der Waals surface area contributed by atoms with Gasteiger partial charge in [-0.2, -0.15) is 10.2 Å². The van der Waals surface area contributed by atoms with Gasteiger partial charge in [0.25, 0.3) is 6.01 Å². The maximum Gasteiger partial charge on any atom is 0.362 e. The van der Waals surface area contributed by atoms with Crippen molar-refractivity contribution < 1.29 is 8.83 Å². The van der Waals surface area contributed by atoms with Crippen LogP contribution in [0.2, 0.25) is 20.1 Å². The Hall–Kier alpha value is -3.15. The summed E-state index contributed by atoms with van der Waals surface area (Å²) in [5.41, 5.74) is 6.14. The fourth-order valence-electron chi connectivity index (χ4n) is 3.80. The van der Waals surface area contributed by atoms with Crippen molar-refractivity contribution in [3.05, 3.63) is 94.6 Å². The highest BCUT2D eigenvalue weighted by Gasteiger charge is 2.38. The lowest BCUT2D eigenvalue weighted by atomic mass is 9.87. The van der Waals surface area contributed by atoms with Crippen LogP contribution in [0.4, 0.5) is 6.01 Å². The number of anilines is 1. The molecule has 4 aromatic rings. The number of rotatable bonds is 2. The number of hydrogen-bond acceptors (Lipinski definition) is 6. The first kappa shape index (κ1) is 21.7. The highest BCUT2D eigenvalue weighted by atomic mass is 35.5. The van der Waals surface area contributed by atoms with Gasteiger partial charge >= 0.3 is 5.63 Å². The second-order valence-corrected chi connectivity index (χ2v) is 8.66. The number of halogens is 4. The van der Waals surface area contributed by atoms with E-state index in [2.05, 4.69) is 11.1 Å². The minimum Gasteiger partial charge on any atom is -0.406 e. The summed E-state index contributed by atoms with van der Waals surface area (Å²) in [6, 6.07) is 11.8. The summed E-state index contributed by atoms with van der Waals surface area (Å²) < 4.78 is 12.5. The highest BCUT2D eigenvalue weighted by molar-refractivity contribution is 6.37. The molecule has 164 valence electrons. The van der Waals surface area contributed by atoms with E-state index >= 15 is 0 Å². The van der Waals surface area contributed by atoms with Gasteiger partial charge in [-0.25, -0.2) is 9.36 Å². The van der Waals surface area contributed by atoms with Crippen molar-refractivity contribution in [3.63, 3.8) is 0 Å². The molecule has 0 amide bonds. The van der Waals surface area contributed by atoms with Gasteiger partial charge in [0, 0.05) is 31.2 Å². The molecule has 2 aromatic heterocycles. The van der Waals surface area contributed by atoms with Gasteiger partial charge in [0.2, 0.25) is 11.4 Å². The van der Waals surface area contributed by atoms with E-state index in [-0.39, 0.29) is 34.1 Å². The second kappa shape index (κ2) is 8.01. The smallest absolute Gasteiger partial charge is 0.362 e. The monoisotopic (exact) mass is 518 g/mol. The van der Waals surface area contributed by atoms with E-state index in [0.29, 0.717) is 31.2 Å². The van der Waals surface area contributed by atoms with Gasteiger partial charge in [-0.05, 0) is 30.3 Å². The molecule has 1 unspecified atom stereocenters. The molecule has 5 rings (SSSR count). The summed E-state index contributed by atoms with van der Waals surface area (Å²) in [5.74, 6) is -0.794. The quantitative estimate of drug-likeness (QED) is 0.423. The molecule has 2 N–H and O–H groups in total. The van der Waals surface area contributed by atoms with Gasteiger partial charge in [-0.1, -0.05) is 58.5 Å². The molecule has 0 saturated heterocycles. The van der Waals surface area contributed by atoms with Gasteiger partial charge < -0.3 is 14.6 Å². The number of nitrogens with zero attached hydrogens (tertiary/aromatic N) is 3. The average Bonchev–Trinajstić information content (AvgIpc) is 3.29. The van der Waals surface area contributed by atoms with E-state index < -0.39 is 11.5 Å². The van der Waals surface area contributed by atoms with Crippen molar-refractivity contribution in [2.75, 3.05) is 5.73 Å². The van der Waals surface area contributed by atoms with E-state index in [1.807, 2.05) is 0 Å². The van der Waals surface area contributed by atoms with E-state index in [1.165, 1.54) is 10.6 Å². The van der Waals surface area contributed by atoms with Crippen LogP contribution in [0, 0.1) is 11.3 Å². The molecule has 0 bridgehead atoms. The summed E-state index contributed by atoms with van der Waals surface area (Å²) in [6.07, 6.45) is 1.44. The molecule has 2 aromatic carbocycles. The summed E-state index contributed by atoms with van der Waals surface area (Å²) in [4.78, 5) is 17.2. The Morgan fingerprint density at radius 2 is 1.64 bits per heavy atom. The Labute approximate surface area is 205 Å². The minimum absolute atomic E-state index is 0.00820. The molecular formula is C22H10Cl4N4O3. The molecule has 33 heavy (non-hydrogen) atoms. The minimum atomic E-state index is -0.880. The van der Waals surface area contributed by atoms with Crippen LogP contribution < -0.4 is 22.3 Å². The Morgan fingerprint density at radius 1 is 1.03 bits per heavy atom. The van der Waals surface area contributed by atoms with Crippen molar-refractivity contribution in [2.24, 2.45) is 0 Å². The molecule has 1 atom stereocenters. The number of benzene rings is 2. The zero-order valence-corrected chi connectivity index (χ0v) is 19.3. The van der Waals surface area contributed by atoms with Crippen molar-refractivity contribution in [3.8, 4) is 12.0 Å². The standard InChI is InChI=1S/C22H10Cl4N4O3/c23-11-3-1-4-12(24)9(11)7-15-21(31)32-19-10(8-27)16(17-13(25)5-2-6-14(17)26)18-20(30(15)19)33-22(28)29-18/h1-7,16H,(H2,28,29)/b15-7+. The Morgan fingerprint density at radius 3 is 2.24 bits per heavy atom. The summed E-state index contributed by atoms with van der Waals surface area (Å²) in [7, 11) is 0. The molecule has 0 spiro atoms. The average molecular weight is 520 g/mol. The van der Waals surface area contributed by atoms with Crippen molar-refractivity contribution in [1.29, 1.82) is 5.26 Å². The highest BCUT2D eigenvalue weighted by Crippen LogP contribution is 2.43. The van der Waals surface area contributed by atoms with Crippen LogP contribution in [0.1, 0.15) is 22.7 Å². The SMILES string of the molecule is N#CC1=c2oc(=O)/c(=C\c3c(Cl)cccc3Cl)n2-c2oc(N)nc2C1c1c(Cl)cccc1Cl. The molecule has 0 fully saturated rings. The molecule has 3 heterocycles. The molecule has 7 nitrogen and oxygen atoms in total. The maximum atomic E-state index is 12.9. The number of hydrogen-bond donors (Lipinski definition) is 1. The van der Waals surface area contributed by atoms with Crippen molar-refractivity contribution in [2.45, 2.75) is 5.92 Å². The van der Waals surface area contributed by atoms with Crippen LogP contribution in [-0.4, -0.2) is 9.55 Å². The van der Waals surface area contributed by atoms with E-state index in [4.69, 9.17) is 61.0 Å². The molecule has 0 aliphatic carbocycles. The van der Waals surface area contributed by atoms with Gasteiger partial charge in [-0.3, -0.25) is 0 Å². The van der Waals surface area contributed by atoms with Crippen molar-refractivity contribution >= 4 is 64.1 Å². The number of aromatic nitrogens is 2. The molecule has 1 aliphatic heterocycles. The molecule has 0 radical (unpaired) electrons. The third-order valence-electron chi connectivity index (χ3n) is 5.18. The normalized spacial score (nSPS) is 15.3. The van der Waals surface area contributed by atoms with Crippen LogP contribution in [0.3, 0.4) is 0 Å². The third kappa shape index (κ3) is 3.35. The van der Waals surface area contributed by atoms with Gasteiger partial charge in [0.15, 0.2) is 0 Å². The predicted octanol–water partition coefficient (Wildman–Crippen LogP) is 4.26. The summed E-state index contributed by atoms with van der Waals surface area (Å²) >= 11 is 25.4. The fourth-order valence-corrected chi connectivity index (χ4v) is 4.92. The molecule has 11 heteroatoms. The fraction of sp³-hybridized carbons (Fsp3) is 0.0455. The largest absolute Gasteiger partial charge is 0.406 e. The van der Waals surface area contributed by atoms with Gasteiger partial charge in [0.1, 0.15) is 22.7 Å². The lowest BCUT2D eigenvalue weighted by Crippen LogP contribution is -2.35. The molecule has 1 aliphatic rings. The van der Waals surface area contributed by atoms with Crippen LogP contribution in [0.25, 0.3) is 17.5 Å². The maximum absolute atomic E-state index is 12.9. The van der Waals surface area contributed by atoms with Gasteiger partial charge in [-0.15, -0.1) is 0 Å². The summed E-state index contributed by atoms with van der Waals surface area (Å²) in [6.45, 7) is 0. The lowest BCUT2D eigenvalue weighted by molar-refractivity contribution is 0.455. The first-order chi connectivity index (χ1) is 15.8. The van der Waals surface area contributed by atoms with Crippen molar-refractivity contribution in [1.82, 2.24) is 9.55 Å². The zero-order valence-electron chi connectivity index (χ0n) is 16.3. The summed E-state index contributed by atoms with van der Waals surface area (Å²) in [5, 5.41) is 11.3. The van der Waals surface area contributed by atoms with Crippen LogP contribution in [0.15, 0.2) is 50.0 Å². The Balaban J connectivity index is 1.95. The Kier molecular flexibility index (Phi) is 5.26. The Bertz CT molecular complexity index is 1640. The van der Waals surface area contributed by atoms with Gasteiger partial charge in [0.05, 0.1) is 5.92 Å². The zero-order chi connectivity index (χ0) is 23.4. The first-order valence-electron chi connectivity index (χ1n) is 9.34. The van der Waals surface area contributed by atoms with E-state index in [1.54, 1.807) is 36.4 Å². The van der Waals surface area contributed by atoms with Crippen LogP contribution >= 0.6 is 46.4 Å². The van der Waals surface area contributed by atoms with Crippen LogP contribution in [0.5, 0.6) is 0 Å². The second-order valence-electron chi connectivity index (χ2n) is 7.03. The molecule has 0 saturated carbocycles. The number of nitriles is 1. The number of nitrogen functional groups attached to an aromatic ring is 1. The first-order valence-corrected chi connectivity index (χ1v) is 10.9. The van der Waals surface area contributed by atoms with E-state index in [0.717, 1.165) is 0 Å². The number of oxazole rings is 2. The van der Waals surface area contributed by atoms with E-state index in [9.17, 15) is 10.1 Å². The third-order valence-corrected chi connectivity index (χ3v) is 6.50. The predicted molar refractivity (Wildman–Crippen MR) is 125 cm³/mol.